The lowest BCUT2D eigenvalue weighted by Gasteiger charge is -2.31. The number of rotatable bonds is 4. The number of piperidine rings is 1. The number of aryl methyl sites for hydroxylation is 1. The van der Waals surface area contributed by atoms with Crippen LogP contribution in [0.15, 0.2) is 18.2 Å². The van der Waals surface area contributed by atoms with Crippen LogP contribution in [0.1, 0.15) is 38.2 Å². The molecule has 0 saturated carbocycles. The van der Waals surface area contributed by atoms with E-state index in [2.05, 4.69) is 5.32 Å². The Morgan fingerprint density at radius 1 is 1.31 bits per heavy atom. The van der Waals surface area contributed by atoms with E-state index in [9.17, 15) is 14.4 Å². The van der Waals surface area contributed by atoms with Gasteiger partial charge in [-0.2, -0.15) is 0 Å². The third kappa shape index (κ3) is 3.81. The summed E-state index contributed by atoms with van der Waals surface area (Å²) in [7, 11) is 0. The molecule has 1 aromatic rings. The van der Waals surface area contributed by atoms with Crippen LogP contribution in [-0.4, -0.2) is 47.5 Å². The van der Waals surface area contributed by atoms with Gasteiger partial charge in [0.05, 0.1) is 5.92 Å². The average molecular weight is 359 g/mol. The number of hydrogen-bond donors (Lipinski definition) is 2. The van der Waals surface area contributed by atoms with Crippen molar-refractivity contribution in [2.75, 3.05) is 29.9 Å². The Morgan fingerprint density at radius 2 is 2.12 bits per heavy atom. The standard InChI is InChI=1S/C19H25N3O4/c1-2-9-22-16-7-6-15(11-13(16)5-8-17(22)23)20-19(26)21-10-3-4-14(12-21)18(24)25/h6-7,11,14H,2-5,8-10,12H2,1H3,(H,20,26)(H,24,25). The van der Waals surface area contributed by atoms with Crippen molar-refractivity contribution in [2.45, 2.75) is 39.0 Å². The summed E-state index contributed by atoms with van der Waals surface area (Å²) in [5, 5.41) is 12.0. The molecule has 7 nitrogen and oxygen atoms in total. The van der Waals surface area contributed by atoms with Gasteiger partial charge in [-0.1, -0.05) is 6.92 Å². The molecular formula is C19H25N3O4. The predicted octanol–water partition coefficient (Wildman–Crippen LogP) is 2.70. The third-order valence-corrected chi connectivity index (χ3v) is 5.04. The normalized spacial score (nSPS) is 19.9. The number of carbonyl (C=O) groups is 3. The fourth-order valence-electron chi connectivity index (χ4n) is 3.67. The highest BCUT2D eigenvalue weighted by Crippen LogP contribution is 2.30. The summed E-state index contributed by atoms with van der Waals surface area (Å²) in [6.07, 6.45) is 3.35. The molecule has 2 N–H and O–H groups in total. The fourth-order valence-corrected chi connectivity index (χ4v) is 3.67. The molecule has 26 heavy (non-hydrogen) atoms. The molecule has 0 bridgehead atoms. The summed E-state index contributed by atoms with van der Waals surface area (Å²) in [5.41, 5.74) is 2.65. The first-order chi connectivity index (χ1) is 12.5. The molecular weight excluding hydrogens is 334 g/mol. The molecule has 3 amide bonds. The summed E-state index contributed by atoms with van der Waals surface area (Å²) in [4.78, 5) is 39.1. The number of nitrogens with zero attached hydrogens (tertiary/aromatic N) is 2. The van der Waals surface area contributed by atoms with Crippen LogP contribution in [0, 0.1) is 5.92 Å². The van der Waals surface area contributed by atoms with Crippen LogP contribution >= 0.6 is 0 Å². The van der Waals surface area contributed by atoms with Gasteiger partial charge in [0.25, 0.3) is 0 Å². The van der Waals surface area contributed by atoms with Crippen molar-refractivity contribution in [1.29, 1.82) is 0 Å². The summed E-state index contributed by atoms with van der Waals surface area (Å²) >= 11 is 0. The number of carbonyl (C=O) groups excluding carboxylic acids is 2. The maximum atomic E-state index is 12.5. The lowest BCUT2D eigenvalue weighted by atomic mass is 9.98. The topological polar surface area (TPSA) is 90.0 Å². The summed E-state index contributed by atoms with van der Waals surface area (Å²) in [6, 6.07) is 5.33. The number of amides is 3. The Labute approximate surface area is 153 Å². The van der Waals surface area contributed by atoms with E-state index in [0.717, 1.165) is 17.7 Å². The van der Waals surface area contributed by atoms with Crippen LogP contribution in [0.5, 0.6) is 0 Å². The number of aliphatic carboxylic acids is 1. The minimum atomic E-state index is -0.850. The second-order valence-electron chi connectivity index (χ2n) is 6.94. The molecule has 1 unspecified atom stereocenters. The number of urea groups is 1. The van der Waals surface area contributed by atoms with Gasteiger partial charge in [0.1, 0.15) is 0 Å². The van der Waals surface area contributed by atoms with Gasteiger partial charge in [-0.3, -0.25) is 9.59 Å². The Balaban J connectivity index is 1.70. The molecule has 0 aromatic heterocycles. The van der Waals surface area contributed by atoms with Crippen molar-refractivity contribution >= 4 is 29.3 Å². The lowest BCUT2D eigenvalue weighted by molar-refractivity contribution is -0.143. The lowest BCUT2D eigenvalue weighted by Crippen LogP contribution is -2.44. The van der Waals surface area contributed by atoms with Gasteiger partial charge in [0.2, 0.25) is 5.91 Å². The molecule has 0 radical (unpaired) electrons. The van der Waals surface area contributed by atoms with Crippen LogP contribution in [0.4, 0.5) is 16.2 Å². The van der Waals surface area contributed by atoms with E-state index < -0.39 is 11.9 Å². The number of fused-ring (bicyclic) bond motifs is 1. The van der Waals surface area contributed by atoms with Crippen molar-refractivity contribution in [1.82, 2.24) is 4.90 Å². The van der Waals surface area contributed by atoms with E-state index in [1.165, 1.54) is 0 Å². The molecule has 140 valence electrons. The summed E-state index contributed by atoms with van der Waals surface area (Å²) in [6.45, 7) is 3.55. The van der Waals surface area contributed by atoms with Crippen molar-refractivity contribution < 1.29 is 19.5 Å². The minimum absolute atomic E-state index is 0.143. The van der Waals surface area contributed by atoms with E-state index in [-0.39, 0.29) is 18.5 Å². The third-order valence-electron chi connectivity index (χ3n) is 5.04. The van der Waals surface area contributed by atoms with Crippen molar-refractivity contribution in [2.24, 2.45) is 5.92 Å². The minimum Gasteiger partial charge on any atom is -0.481 e. The average Bonchev–Trinajstić information content (AvgIpc) is 2.64. The smallest absolute Gasteiger partial charge is 0.321 e. The Kier molecular flexibility index (Phi) is 5.44. The van der Waals surface area contributed by atoms with E-state index in [1.807, 2.05) is 24.0 Å². The molecule has 1 saturated heterocycles. The number of likely N-dealkylation sites (tertiary alicyclic amines) is 1. The van der Waals surface area contributed by atoms with Gasteiger partial charge in [-0.05, 0) is 49.4 Å². The molecule has 1 atom stereocenters. The van der Waals surface area contributed by atoms with Gasteiger partial charge in [0, 0.05) is 37.4 Å². The van der Waals surface area contributed by atoms with E-state index in [1.54, 1.807) is 11.0 Å². The van der Waals surface area contributed by atoms with Gasteiger partial charge in [-0.25, -0.2) is 4.79 Å². The van der Waals surface area contributed by atoms with E-state index >= 15 is 0 Å². The zero-order valence-corrected chi connectivity index (χ0v) is 15.0. The predicted molar refractivity (Wildman–Crippen MR) is 98.4 cm³/mol. The Hall–Kier alpha value is -2.57. The quantitative estimate of drug-likeness (QED) is 0.865. The van der Waals surface area contributed by atoms with Gasteiger partial charge < -0.3 is 20.2 Å². The number of anilines is 2. The first kappa shape index (κ1) is 18.2. The molecule has 2 heterocycles. The monoisotopic (exact) mass is 359 g/mol. The molecule has 1 fully saturated rings. The Bertz CT molecular complexity index is 719. The van der Waals surface area contributed by atoms with Gasteiger partial charge in [0.15, 0.2) is 0 Å². The van der Waals surface area contributed by atoms with E-state index in [4.69, 9.17) is 5.11 Å². The van der Waals surface area contributed by atoms with Gasteiger partial charge in [-0.15, -0.1) is 0 Å². The molecule has 2 aliphatic heterocycles. The molecule has 0 spiro atoms. The highest BCUT2D eigenvalue weighted by molar-refractivity contribution is 5.97. The number of carboxylic acid groups (broad SMARTS) is 1. The molecule has 1 aromatic carbocycles. The second-order valence-corrected chi connectivity index (χ2v) is 6.94. The van der Waals surface area contributed by atoms with Gasteiger partial charge >= 0.3 is 12.0 Å². The highest BCUT2D eigenvalue weighted by atomic mass is 16.4. The molecule has 7 heteroatoms. The number of benzene rings is 1. The first-order valence-corrected chi connectivity index (χ1v) is 9.21. The molecule has 3 rings (SSSR count). The maximum absolute atomic E-state index is 12.5. The van der Waals surface area contributed by atoms with Crippen LogP contribution in [0.25, 0.3) is 0 Å². The van der Waals surface area contributed by atoms with Crippen molar-refractivity contribution in [3.05, 3.63) is 23.8 Å². The van der Waals surface area contributed by atoms with Crippen LogP contribution in [0.2, 0.25) is 0 Å². The first-order valence-electron chi connectivity index (χ1n) is 9.21. The van der Waals surface area contributed by atoms with E-state index in [0.29, 0.717) is 44.5 Å². The summed E-state index contributed by atoms with van der Waals surface area (Å²) < 4.78 is 0. The van der Waals surface area contributed by atoms with Crippen LogP contribution in [0.3, 0.4) is 0 Å². The fraction of sp³-hybridized carbons (Fsp3) is 0.526. The molecule has 2 aliphatic rings. The maximum Gasteiger partial charge on any atom is 0.321 e. The van der Waals surface area contributed by atoms with Crippen molar-refractivity contribution in [3.63, 3.8) is 0 Å². The number of hydrogen-bond acceptors (Lipinski definition) is 3. The number of carboxylic acids is 1. The SMILES string of the molecule is CCCN1C(=O)CCc2cc(NC(=O)N3CCCC(C(=O)O)C3)ccc21. The largest absolute Gasteiger partial charge is 0.481 e. The van der Waals surface area contributed by atoms with Crippen LogP contribution < -0.4 is 10.2 Å². The number of nitrogens with one attached hydrogen (secondary N) is 1. The van der Waals surface area contributed by atoms with Crippen LogP contribution in [-0.2, 0) is 16.0 Å². The van der Waals surface area contributed by atoms with Crippen molar-refractivity contribution in [3.8, 4) is 0 Å². The zero-order valence-electron chi connectivity index (χ0n) is 15.0. The molecule has 0 aliphatic carbocycles. The summed E-state index contributed by atoms with van der Waals surface area (Å²) in [5.74, 6) is -1.20. The second kappa shape index (κ2) is 7.76. The highest BCUT2D eigenvalue weighted by Gasteiger charge is 2.28. The zero-order chi connectivity index (χ0) is 18.7. The Morgan fingerprint density at radius 3 is 2.85 bits per heavy atom.